The van der Waals surface area contributed by atoms with Crippen LogP contribution in [0, 0.1) is 19.8 Å². The zero-order valence-electron chi connectivity index (χ0n) is 12.0. The zero-order valence-corrected chi connectivity index (χ0v) is 12.0. The molecule has 1 atom stereocenters. The standard InChI is InChI=1S/C18H21N/c1-12-5-4-6-16(9-12)18-14(3)11-15-8-7-13(2)10-17(15)19-18/h7-12H,4-6H2,1-3H3. The molecular formula is C18H21N. The summed E-state index contributed by atoms with van der Waals surface area (Å²) >= 11 is 0. The first-order valence-corrected chi connectivity index (χ1v) is 7.22. The van der Waals surface area contributed by atoms with E-state index in [2.05, 4.69) is 51.1 Å². The maximum absolute atomic E-state index is 4.93. The van der Waals surface area contributed by atoms with E-state index in [0.717, 1.165) is 5.52 Å². The molecule has 19 heavy (non-hydrogen) atoms. The number of hydrogen-bond donors (Lipinski definition) is 0. The summed E-state index contributed by atoms with van der Waals surface area (Å²) in [4.78, 5) is 4.93. The molecule has 1 unspecified atom stereocenters. The van der Waals surface area contributed by atoms with Gasteiger partial charge in [0.2, 0.25) is 0 Å². The van der Waals surface area contributed by atoms with E-state index in [4.69, 9.17) is 4.98 Å². The van der Waals surface area contributed by atoms with Crippen LogP contribution in [0.15, 0.2) is 30.3 Å². The molecule has 98 valence electrons. The summed E-state index contributed by atoms with van der Waals surface area (Å²) in [6.45, 7) is 6.62. The van der Waals surface area contributed by atoms with Crippen molar-refractivity contribution in [2.24, 2.45) is 5.92 Å². The van der Waals surface area contributed by atoms with Gasteiger partial charge >= 0.3 is 0 Å². The Labute approximate surface area is 115 Å². The van der Waals surface area contributed by atoms with Crippen molar-refractivity contribution < 1.29 is 0 Å². The lowest BCUT2D eigenvalue weighted by molar-refractivity contribution is 0.592. The highest BCUT2D eigenvalue weighted by Crippen LogP contribution is 2.31. The topological polar surface area (TPSA) is 12.9 Å². The largest absolute Gasteiger partial charge is 0.248 e. The smallest absolute Gasteiger partial charge is 0.0712 e. The van der Waals surface area contributed by atoms with Gasteiger partial charge in [-0.1, -0.05) is 25.1 Å². The Morgan fingerprint density at radius 2 is 2.00 bits per heavy atom. The number of allylic oxidation sites excluding steroid dienone is 2. The summed E-state index contributed by atoms with van der Waals surface area (Å²) in [7, 11) is 0. The lowest BCUT2D eigenvalue weighted by Gasteiger charge is -2.19. The molecule has 3 rings (SSSR count). The molecule has 0 radical (unpaired) electrons. The van der Waals surface area contributed by atoms with Crippen LogP contribution in [0.4, 0.5) is 0 Å². The molecule has 0 fully saturated rings. The van der Waals surface area contributed by atoms with E-state index >= 15 is 0 Å². The number of nitrogens with zero attached hydrogens (tertiary/aromatic N) is 1. The molecule has 0 amide bonds. The van der Waals surface area contributed by atoms with Gasteiger partial charge in [-0.15, -0.1) is 0 Å². The molecule has 1 nitrogen and oxygen atoms in total. The zero-order chi connectivity index (χ0) is 13.4. The summed E-state index contributed by atoms with van der Waals surface area (Å²) in [5, 5.41) is 1.25. The van der Waals surface area contributed by atoms with Gasteiger partial charge in [-0.2, -0.15) is 0 Å². The third-order valence-electron chi connectivity index (χ3n) is 4.06. The number of pyridine rings is 1. The number of hydrogen-bond acceptors (Lipinski definition) is 1. The molecule has 1 heterocycles. The Hall–Kier alpha value is -1.63. The number of aromatic nitrogens is 1. The van der Waals surface area contributed by atoms with Gasteiger partial charge in [0.1, 0.15) is 0 Å². The predicted molar refractivity (Wildman–Crippen MR) is 82.2 cm³/mol. The van der Waals surface area contributed by atoms with Gasteiger partial charge in [0, 0.05) is 5.39 Å². The monoisotopic (exact) mass is 251 g/mol. The van der Waals surface area contributed by atoms with Crippen LogP contribution in [0.3, 0.4) is 0 Å². The fraction of sp³-hybridized carbons (Fsp3) is 0.389. The summed E-state index contributed by atoms with van der Waals surface area (Å²) in [5.74, 6) is 0.693. The average Bonchev–Trinajstić information content (AvgIpc) is 2.38. The van der Waals surface area contributed by atoms with Gasteiger partial charge in [-0.05, 0) is 67.9 Å². The van der Waals surface area contributed by atoms with Crippen LogP contribution in [0.25, 0.3) is 16.5 Å². The fourth-order valence-corrected chi connectivity index (χ4v) is 3.03. The van der Waals surface area contributed by atoms with Crippen LogP contribution >= 0.6 is 0 Å². The van der Waals surface area contributed by atoms with E-state index in [1.165, 1.54) is 47.0 Å². The molecule has 1 aliphatic rings. The molecule has 1 aliphatic carbocycles. The molecule has 0 saturated heterocycles. The normalized spacial score (nSPS) is 19.5. The third kappa shape index (κ3) is 2.42. The molecule has 0 N–H and O–H groups in total. The van der Waals surface area contributed by atoms with E-state index in [1.807, 2.05) is 0 Å². The highest BCUT2D eigenvalue weighted by Gasteiger charge is 2.14. The van der Waals surface area contributed by atoms with Gasteiger partial charge in [0.05, 0.1) is 11.2 Å². The highest BCUT2D eigenvalue weighted by molar-refractivity contribution is 5.83. The Balaban J connectivity index is 2.15. The number of rotatable bonds is 1. The Kier molecular flexibility index (Phi) is 3.14. The van der Waals surface area contributed by atoms with Crippen molar-refractivity contribution in [1.29, 1.82) is 0 Å². The summed E-state index contributed by atoms with van der Waals surface area (Å²) in [5.41, 5.74) is 6.36. The Bertz CT molecular complexity index is 652. The SMILES string of the molecule is Cc1ccc2cc(C)c(C3=CC(C)CCC3)nc2c1. The molecule has 0 aliphatic heterocycles. The third-order valence-corrected chi connectivity index (χ3v) is 4.06. The fourth-order valence-electron chi connectivity index (χ4n) is 3.03. The molecule has 1 aromatic heterocycles. The quantitative estimate of drug-likeness (QED) is 0.690. The maximum Gasteiger partial charge on any atom is 0.0712 e. The number of aryl methyl sites for hydroxylation is 2. The van der Waals surface area contributed by atoms with Crippen molar-refractivity contribution in [2.45, 2.75) is 40.0 Å². The van der Waals surface area contributed by atoms with E-state index < -0.39 is 0 Å². The average molecular weight is 251 g/mol. The van der Waals surface area contributed by atoms with Crippen LogP contribution in [-0.2, 0) is 0 Å². The van der Waals surface area contributed by atoms with Crippen molar-refractivity contribution in [3.05, 3.63) is 47.2 Å². The second kappa shape index (κ2) is 4.80. The Morgan fingerprint density at radius 1 is 1.16 bits per heavy atom. The van der Waals surface area contributed by atoms with Crippen molar-refractivity contribution in [2.75, 3.05) is 0 Å². The second-order valence-electron chi connectivity index (χ2n) is 5.91. The van der Waals surface area contributed by atoms with Gasteiger partial charge < -0.3 is 0 Å². The van der Waals surface area contributed by atoms with Crippen molar-refractivity contribution in [3.8, 4) is 0 Å². The minimum atomic E-state index is 0.693. The Morgan fingerprint density at radius 3 is 2.79 bits per heavy atom. The molecular weight excluding hydrogens is 230 g/mol. The van der Waals surface area contributed by atoms with Crippen LogP contribution in [-0.4, -0.2) is 4.98 Å². The highest BCUT2D eigenvalue weighted by atomic mass is 14.7. The molecule has 0 saturated carbocycles. The molecule has 1 heteroatoms. The number of fused-ring (bicyclic) bond motifs is 1. The number of benzene rings is 1. The van der Waals surface area contributed by atoms with Crippen molar-refractivity contribution >= 4 is 16.5 Å². The van der Waals surface area contributed by atoms with Gasteiger partial charge in [0.15, 0.2) is 0 Å². The van der Waals surface area contributed by atoms with E-state index in [9.17, 15) is 0 Å². The van der Waals surface area contributed by atoms with Gasteiger partial charge in [-0.25, -0.2) is 4.98 Å². The predicted octanol–water partition coefficient (Wildman–Crippen LogP) is 5.06. The van der Waals surface area contributed by atoms with E-state index in [0.29, 0.717) is 5.92 Å². The van der Waals surface area contributed by atoms with Gasteiger partial charge in [-0.3, -0.25) is 0 Å². The first kappa shape index (κ1) is 12.4. The van der Waals surface area contributed by atoms with Crippen LogP contribution < -0.4 is 0 Å². The first-order valence-electron chi connectivity index (χ1n) is 7.22. The molecule has 2 aromatic rings. The molecule has 0 spiro atoms. The summed E-state index contributed by atoms with van der Waals surface area (Å²) < 4.78 is 0. The van der Waals surface area contributed by atoms with Crippen molar-refractivity contribution in [1.82, 2.24) is 4.98 Å². The molecule has 0 bridgehead atoms. The molecule has 1 aromatic carbocycles. The minimum absolute atomic E-state index is 0.693. The van der Waals surface area contributed by atoms with Crippen molar-refractivity contribution in [3.63, 3.8) is 0 Å². The summed E-state index contributed by atoms with van der Waals surface area (Å²) in [6.07, 6.45) is 6.20. The van der Waals surface area contributed by atoms with Crippen LogP contribution in [0.1, 0.15) is 43.0 Å². The first-order chi connectivity index (χ1) is 9.13. The lowest BCUT2D eigenvalue weighted by atomic mass is 9.88. The van der Waals surface area contributed by atoms with Gasteiger partial charge in [0.25, 0.3) is 0 Å². The van der Waals surface area contributed by atoms with E-state index in [-0.39, 0.29) is 0 Å². The van der Waals surface area contributed by atoms with Crippen LogP contribution in [0.5, 0.6) is 0 Å². The van der Waals surface area contributed by atoms with E-state index in [1.54, 1.807) is 0 Å². The summed E-state index contributed by atoms with van der Waals surface area (Å²) in [6, 6.07) is 8.79. The maximum atomic E-state index is 4.93. The second-order valence-corrected chi connectivity index (χ2v) is 5.91. The lowest BCUT2D eigenvalue weighted by Crippen LogP contribution is -2.03. The minimum Gasteiger partial charge on any atom is -0.248 e. The van der Waals surface area contributed by atoms with Crippen LogP contribution in [0.2, 0.25) is 0 Å².